The maximum atomic E-state index is 10.1. The van der Waals surface area contributed by atoms with Gasteiger partial charge in [-0.15, -0.1) is 0 Å². The Bertz CT molecular complexity index is 162. The van der Waals surface area contributed by atoms with Gasteiger partial charge in [0.05, 0.1) is 0 Å². The third-order valence-electron chi connectivity index (χ3n) is 0.481. The summed E-state index contributed by atoms with van der Waals surface area (Å²) in [7, 11) is 1.61. The number of ether oxygens (including phenoxy) is 1. The molecule has 0 aliphatic rings. The number of hydrogen-bond acceptors (Lipinski definition) is 4. The van der Waals surface area contributed by atoms with Crippen LogP contribution in [0.15, 0.2) is 0 Å². The second-order valence-corrected chi connectivity index (χ2v) is 1.74. The maximum absolute atomic E-state index is 10.1. The average molecular weight is 148 g/mol. The van der Waals surface area contributed by atoms with Crippen LogP contribution in [0.4, 0.5) is 4.79 Å². The SMILES string of the molecule is CC(=O)C(=O)OC(=O)P. The number of ketones is 1. The van der Waals surface area contributed by atoms with Crippen LogP contribution in [-0.4, -0.2) is 17.5 Å². The van der Waals surface area contributed by atoms with Gasteiger partial charge in [0.2, 0.25) is 5.78 Å². The van der Waals surface area contributed by atoms with Crippen LogP contribution < -0.4 is 0 Å². The monoisotopic (exact) mass is 148 g/mol. The minimum absolute atomic E-state index is 0.786. The summed E-state index contributed by atoms with van der Waals surface area (Å²) in [6.07, 6.45) is 0. The van der Waals surface area contributed by atoms with Crippen LogP contribution in [0.2, 0.25) is 0 Å². The molecule has 0 saturated carbocycles. The molecule has 0 rings (SSSR count). The highest BCUT2D eigenvalue weighted by Gasteiger charge is 2.10. The zero-order valence-corrected chi connectivity index (χ0v) is 5.87. The Kier molecular flexibility index (Phi) is 3.02. The molecule has 0 amide bonds. The fraction of sp³-hybridized carbons (Fsp3) is 0.250. The molecule has 0 saturated heterocycles. The number of rotatable bonds is 1. The topological polar surface area (TPSA) is 60.4 Å². The Hall–Kier alpha value is -0.760. The van der Waals surface area contributed by atoms with Gasteiger partial charge in [-0.3, -0.25) is 4.79 Å². The van der Waals surface area contributed by atoms with Gasteiger partial charge in [-0.25, -0.2) is 9.59 Å². The predicted molar refractivity (Wildman–Crippen MR) is 31.9 cm³/mol. The van der Waals surface area contributed by atoms with Gasteiger partial charge in [0.25, 0.3) is 0 Å². The summed E-state index contributed by atoms with van der Waals surface area (Å²) in [6, 6.07) is 0. The van der Waals surface area contributed by atoms with Crippen molar-refractivity contribution < 1.29 is 19.1 Å². The third kappa shape index (κ3) is 3.79. The van der Waals surface area contributed by atoms with Crippen LogP contribution in [0.3, 0.4) is 0 Å². The van der Waals surface area contributed by atoms with E-state index >= 15 is 0 Å². The van der Waals surface area contributed by atoms with E-state index in [2.05, 4.69) is 4.74 Å². The molecule has 0 bridgehead atoms. The van der Waals surface area contributed by atoms with Crippen molar-refractivity contribution in [1.82, 2.24) is 0 Å². The van der Waals surface area contributed by atoms with E-state index in [-0.39, 0.29) is 0 Å². The lowest BCUT2D eigenvalue weighted by Gasteiger charge is -1.91. The van der Waals surface area contributed by atoms with E-state index in [4.69, 9.17) is 0 Å². The van der Waals surface area contributed by atoms with E-state index in [1.807, 2.05) is 0 Å². The van der Waals surface area contributed by atoms with Crippen molar-refractivity contribution >= 4 is 26.7 Å². The molecule has 0 radical (unpaired) electrons. The Morgan fingerprint density at radius 2 is 1.78 bits per heavy atom. The summed E-state index contributed by atoms with van der Waals surface area (Å²) in [5.74, 6) is -1.92. The van der Waals surface area contributed by atoms with Crippen molar-refractivity contribution in [2.24, 2.45) is 0 Å². The fourth-order valence-electron chi connectivity index (χ4n) is 0.163. The second kappa shape index (κ2) is 3.30. The molecule has 0 heterocycles. The number of hydrogen-bond donors (Lipinski definition) is 0. The van der Waals surface area contributed by atoms with Crippen LogP contribution in [0.1, 0.15) is 6.92 Å². The first-order valence-electron chi connectivity index (χ1n) is 2.06. The van der Waals surface area contributed by atoms with E-state index in [9.17, 15) is 14.4 Å². The minimum atomic E-state index is -1.13. The zero-order valence-electron chi connectivity index (χ0n) is 4.71. The smallest absolute Gasteiger partial charge is 0.382 e. The standard InChI is InChI=1S/C4H5O4P/c1-2(5)3(6)8-4(7)9/h9H2,1H3. The van der Waals surface area contributed by atoms with Crippen LogP contribution >= 0.6 is 9.24 Å². The first-order chi connectivity index (χ1) is 4.04. The molecule has 0 spiro atoms. The summed E-state index contributed by atoms with van der Waals surface area (Å²) in [5, 5.41) is 0. The van der Waals surface area contributed by atoms with Gasteiger partial charge in [-0.2, -0.15) is 0 Å². The highest BCUT2D eigenvalue weighted by molar-refractivity contribution is 7.39. The normalized spacial score (nSPS) is 8.22. The van der Waals surface area contributed by atoms with Gasteiger partial charge in [0, 0.05) is 6.92 Å². The van der Waals surface area contributed by atoms with Gasteiger partial charge in [0.15, 0.2) is 0 Å². The van der Waals surface area contributed by atoms with Crippen molar-refractivity contribution in [2.45, 2.75) is 6.92 Å². The highest BCUT2D eigenvalue weighted by atomic mass is 31.0. The van der Waals surface area contributed by atoms with E-state index in [1.54, 1.807) is 9.24 Å². The lowest BCUT2D eigenvalue weighted by molar-refractivity contribution is -0.147. The minimum Gasteiger partial charge on any atom is -0.384 e. The van der Waals surface area contributed by atoms with Crippen LogP contribution in [0.25, 0.3) is 0 Å². The molecule has 50 valence electrons. The van der Waals surface area contributed by atoms with E-state index in [0.717, 1.165) is 6.92 Å². The lowest BCUT2D eigenvalue weighted by atomic mass is 10.5. The molecule has 0 aromatic rings. The largest absolute Gasteiger partial charge is 0.384 e. The lowest BCUT2D eigenvalue weighted by Crippen LogP contribution is -2.14. The second-order valence-electron chi connectivity index (χ2n) is 1.26. The molecular formula is C4H5O4P. The molecule has 5 heteroatoms. The van der Waals surface area contributed by atoms with Gasteiger partial charge in [-0.1, -0.05) is 0 Å². The molecule has 0 N–H and O–H groups in total. The summed E-state index contributed by atoms with van der Waals surface area (Å²) in [6.45, 7) is 1.02. The Balaban J connectivity index is 3.79. The summed E-state index contributed by atoms with van der Waals surface area (Å²) in [4.78, 5) is 30.1. The molecule has 0 fully saturated rings. The number of esters is 1. The van der Waals surface area contributed by atoms with Crippen molar-refractivity contribution in [2.75, 3.05) is 0 Å². The van der Waals surface area contributed by atoms with Gasteiger partial charge < -0.3 is 4.74 Å². The summed E-state index contributed by atoms with van der Waals surface area (Å²) >= 11 is 0. The third-order valence-corrected chi connectivity index (χ3v) is 0.599. The molecule has 1 unspecified atom stereocenters. The summed E-state index contributed by atoms with van der Waals surface area (Å²) in [5.41, 5.74) is -0.852. The van der Waals surface area contributed by atoms with E-state index in [1.165, 1.54) is 0 Å². The van der Waals surface area contributed by atoms with Crippen LogP contribution in [0, 0.1) is 0 Å². The van der Waals surface area contributed by atoms with E-state index < -0.39 is 17.5 Å². The predicted octanol–water partition coefficient (Wildman–Crippen LogP) is 0.114. The molecule has 0 aliphatic carbocycles. The molecular weight excluding hydrogens is 143 g/mol. The van der Waals surface area contributed by atoms with Crippen molar-refractivity contribution in [1.29, 1.82) is 0 Å². The zero-order chi connectivity index (χ0) is 7.44. The first kappa shape index (κ1) is 8.24. The van der Waals surface area contributed by atoms with Gasteiger partial charge in [-0.05, 0) is 9.24 Å². The van der Waals surface area contributed by atoms with Gasteiger partial charge in [0.1, 0.15) is 0 Å². The quantitative estimate of drug-likeness (QED) is 0.229. The molecule has 0 aromatic heterocycles. The van der Waals surface area contributed by atoms with E-state index in [0.29, 0.717) is 0 Å². The average Bonchev–Trinajstić information content (AvgIpc) is 1.63. The van der Waals surface area contributed by atoms with Crippen LogP contribution in [-0.2, 0) is 14.3 Å². The van der Waals surface area contributed by atoms with Crippen molar-refractivity contribution in [3.63, 3.8) is 0 Å². The van der Waals surface area contributed by atoms with Gasteiger partial charge >= 0.3 is 11.7 Å². The molecule has 1 atom stereocenters. The maximum Gasteiger partial charge on any atom is 0.382 e. The van der Waals surface area contributed by atoms with Crippen molar-refractivity contribution in [3.05, 3.63) is 0 Å². The Morgan fingerprint density at radius 1 is 1.33 bits per heavy atom. The highest BCUT2D eigenvalue weighted by Crippen LogP contribution is 1.91. The van der Waals surface area contributed by atoms with Crippen LogP contribution in [0.5, 0.6) is 0 Å². The fourth-order valence-corrected chi connectivity index (χ4v) is 0.270. The summed E-state index contributed by atoms with van der Waals surface area (Å²) < 4.78 is 3.85. The molecule has 0 aliphatic heterocycles. The Morgan fingerprint density at radius 3 is 1.89 bits per heavy atom. The first-order valence-corrected chi connectivity index (χ1v) is 2.64. The Labute approximate surface area is 53.8 Å². The molecule has 4 nitrogen and oxygen atoms in total. The molecule has 9 heavy (non-hydrogen) atoms. The van der Waals surface area contributed by atoms with Crippen molar-refractivity contribution in [3.8, 4) is 0 Å². The molecule has 0 aromatic carbocycles. The number of Topliss-reactive ketones (excluding diaryl/α,β-unsaturated/α-hetero) is 1. The number of carbonyl (C=O) groups excluding carboxylic acids is 3. The number of carbonyl (C=O) groups is 3.